The van der Waals surface area contributed by atoms with E-state index in [9.17, 15) is 9.59 Å². The van der Waals surface area contributed by atoms with Crippen molar-refractivity contribution in [2.45, 2.75) is 6.92 Å². The van der Waals surface area contributed by atoms with Crippen molar-refractivity contribution in [1.82, 2.24) is 0 Å². The van der Waals surface area contributed by atoms with E-state index >= 15 is 0 Å². The fourth-order valence-electron chi connectivity index (χ4n) is 3.41. The van der Waals surface area contributed by atoms with Crippen molar-refractivity contribution < 1.29 is 18.4 Å². The summed E-state index contributed by atoms with van der Waals surface area (Å²) in [5.41, 5.74) is 3.39. The van der Waals surface area contributed by atoms with E-state index in [1.807, 2.05) is 12.1 Å². The van der Waals surface area contributed by atoms with E-state index in [-0.39, 0.29) is 17.1 Å². The molecule has 0 aliphatic heterocycles. The molecule has 0 amide bonds. The molecule has 0 unspecified atom stereocenters. The van der Waals surface area contributed by atoms with E-state index in [1.54, 1.807) is 43.3 Å². The van der Waals surface area contributed by atoms with Crippen molar-refractivity contribution in [2.24, 2.45) is 0 Å². The number of fused-ring (bicyclic) bond motifs is 2. The number of hydrogen-bond acceptors (Lipinski definition) is 4. The number of rotatable bonds is 2. The summed E-state index contributed by atoms with van der Waals surface area (Å²) in [6.07, 6.45) is 1.45. The largest absolute Gasteiger partial charge is 0.453 e. The van der Waals surface area contributed by atoms with Crippen molar-refractivity contribution in [3.8, 4) is 11.3 Å². The predicted molar refractivity (Wildman–Crippen MR) is 112 cm³/mol. The third kappa shape index (κ3) is 2.92. The summed E-state index contributed by atoms with van der Waals surface area (Å²) in [6, 6.07) is 13.9. The smallest absolute Gasteiger partial charge is 0.197 e. The molecular weight excluding hydrogens is 411 g/mol. The Balaban J connectivity index is 1.51. The van der Waals surface area contributed by atoms with Crippen LogP contribution in [0.15, 0.2) is 62.9 Å². The van der Waals surface area contributed by atoms with Crippen LogP contribution >= 0.6 is 23.2 Å². The number of halogens is 2. The van der Waals surface area contributed by atoms with Gasteiger partial charge in [0.25, 0.3) is 0 Å². The van der Waals surface area contributed by atoms with Gasteiger partial charge < -0.3 is 8.83 Å². The van der Waals surface area contributed by atoms with E-state index < -0.39 is 0 Å². The molecule has 0 radical (unpaired) electrons. The molecule has 0 atom stereocenters. The van der Waals surface area contributed by atoms with Crippen molar-refractivity contribution in [3.05, 3.63) is 86.6 Å². The Hall–Kier alpha value is -3.08. The van der Waals surface area contributed by atoms with Gasteiger partial charge in [-0.1, -0.05) is 23.2 Å². The van der Waals surface area contributed by atoms with E-state index in [1.165, 1.54) is 6.08 Å². The second-order valence-corrected chi connectivity index (χ2v) is 7.70. The average Bonchev–Trinajstić information content (AvgIpc) is 3.31. The minimum Gasteiger partial charge on any atom is -0.453 e. The zero-order chi connectivity index (χ0) is 20.3. The quantitative estimate of drug-likeness (QED) is 0.264. The highest BCUT2D eigenvalue weighted by Crippen LogP contribution is 2.34. The van der Waals surface area contributed by atoms with Gasteiger partial charge in [-0.25, -0.2) is 0 Å². The molecule has 1 aliphatic rings. The van der Waals surface area contributed by atoms with Gasteiger partial charge in [0.05, 0.1) is 5.57 Å². The number of furan rings is 2. The average molecular weight is 423 g/mol. The number of carbonyl (C=O) groups is 2. The van der Waals surface area contributed by atoms with Crippen LogP contribution in [0.4, 0.5) is 0 Å². The summed E-state index contributed by atoms with van der Waals surface area (Å²) in [5, 5.41) is 1.10. The van der Waals surface area contributed by atoms with Crippen LogP contribution in [-0.4, -0.2) is 11.6 Å². The highest BCUT2D eigenvalue weighted by molar-refractivity contribution is 6.42. The molecule has 29 heavy (non-hydrogen) atoms. The number of benzene rings is 2. The SMILES string of the molecule is Cc1cc2c(cc1Cl)C(=O)/C(=C/c1cc3oc(-c4ccc(Cl)cc4)cc3o1)C2=O. The van der Waals surface area contributed by atoms with Gasteiger partial charge >= 0.3 is 0 Å². The van der Waals surface area contributed by atoms with Crippen molar-refractivity contribution in [1.29, 1.82) is 0 Å². The number of hydrogen-bond donors (Lipinski definition) is 0. The Bertz CT molecular complexity index is 1280. The summed E-state index contributed by atoms with van der Waals surface area (Å²) in [6.45, 7) is 1.79. The van der Waals surface area contributed by atoms with Gasteiger partial charge in [0, 0.05) is 38.9 Å². The van der Waals surface area contributed by atoms with E-state index in [0.717, 1.165) is 11.1 Å². The van der Waals surface area contributed by atoms with Crippen LogP contribution in [0.1, 0.15) is 32.0 Å². The zero-order valence-electron chi connectivity index (χ0n) is 15.1. The van der Waals surface area contributed by atoms with Crippen molar-refractivity contribution >= 4 is 52.0 Å². The number of allylic oxidation sites excluding steroid dienone is 1. The van der Waals surface area contributed by atoms with E-state index in [4.69, 9.17) is 32.0 Å². The lowest BCUT2D eigenvalue weighted by molar-refractivity contribution is 0.0990. The molecule has 5 rings (SSSR count). The lowest BCUT2D eigenvalue weighted by Crippen LogP contribution is -1.99. The highest BCUT2D eigenvalue weighted by Gasteiger charge is 2.34. The number of Topliss-reactive ketones (excluding diaryl/α,β-unsaturated/α-hetero) is 2. The molecule has 0 fully saturated rings. The first-order valence-corrected chi connectivity index (χ1v) is 9.57. The van der Waals surface area contributed by atoms with Gasteiger partial charge in [-0.3, -0.25) is 9.59 Å². The summed E-state index contributed by atoms with van der Waals surface area (Å²) in [4.78, 5) is 25.4. The van der Waals surface area contributed by atoms with Gasteiger partial charge in [-0.2, -0.15) is 0 Å². The maximum Gasteiger partial charge on any atom is 0.197 e. The molecule has 0 bridgehead atoms. The molecule has 142 valence electrons. The monoisotopic (exact) mass is 422 g/mol. The number of ketones is 2. The molecule has 0 saturated heterocycles. The minimum absolute atomic E-state index is 0.0518. The van der Waals surface area contributed by atoms with Gasteiger partial charge in [0.15, 0.2) is 22.7 Å². The molecule has 0 N–H and O–H groups in total. The van der Waals surface area contributed by atoms with Crippen molar-refractivity contribution in [2.75, 3.05) is 0 Å². The molecule has 2 heterocycles. The second-order valence-electron chi connectivity index (χ2n) is 6.86. The Kier molecular flexibility index (Phi) is 4.02. The van der Waals surface area contributed by atoms with Gasteiger partial charge in [0.2, 0.25) is 0 Å². The summed E-state index contributed by atoms with van der Waals surface area (Å²) >= 11 is 12.0. The maximum absolute atomic E-state index is 12.7. The topological polar surface area (TPSA) is 60.4 Å². The number of aryl methyl sites for hydroxylation is 1. The normalized spacial score (nSPS) is 14.9. The van der Waals surface area contributed by atoms with Gasteiger partial charge in [-0.15, -0.1) is 0 Å². The summed E-state index contributed by atoms with van der Waals surface area (Å²) in [5.74, 6) is 0.315. The standard InChI is InChI=1S/C23H12Cl2O4/c1-11-6-15-16(9-18(11)25)23(27)17(22(15)26)7-14-8-20-21(28-14)10-19(29-20)12-2-4-13(24)5-3-12/h2-10H,1H3/b17-7+. The van der Waals surface area contributed by atoms with Crippen LogP contribution in [0.5, 0.6) is 0 Å². The van der Waals surface area contributed by atoms with Gasteiger partial charge in [-0.05, 0) is 55.0 Å². The first-order chi connectivity index (χ1) is 13.9. The molecular formula is C23H12Cl2O4. The molecule has 4 aromatic rings. The molecule has 2 aromatic heterocycles. The molecule has 0 spiro atoms. The number of carbonyl (C=O) groups excluding carboxylic acids is 2. The Labute approximate surface area is 175 Å². The third-order valence-corrected chi connectivity index (χ3v) is 5.58. The van der Waals surface area contributed by atoms with Crippen LogP contribution in [0, 0.1) is 6.92 Å². The van der Waals surface area contributed by atoms with Crippen LogP contribution < -0.4 is 0 Å². The van der Waals surface area contributed by atoms with E-state index in [0.29, 0.717) is 43.9 Å². The van der Waals surface area contributed by atoms with Crippen LogP contribution in [0.3, 0.4) is 0 Å². The zero-order valence-corrected chi connectivity index (χ0v) is 16.6. The fourth-order valence-corrected chi connectivity index (χ4v) is 3.70. The van der Waals surface area contributed by atoms with Gasteiger partial charge in [0.1, 0.15) is 11.5 Å². The lowest BCUT2D eigenvalue weighted by Gasteiger charge is -2.00. The van der Waals surface area contributed by atoms with Crippen LogP contribution in [-0.2, 0) is 0 Å². The first-order valence-electron chi connectivity index (χ1n) is 8.81. The predicted octanol–water partition coefficient (Wildman–Crippen LogP) is 6.77. The summed E-state index contributed by atoms with van der Waals surface area (Å²) < 4.78 is 11.6. The molecule has 4 nitrogen and oxygen atoms in total. The highest BCUT2D eigenvalue weighted by atomic mass is 35.5. The fraction of sp³-hybridized carbons (Fsp3) is 0.0435. The Morgan fingerprint density at radius 3 is 2.17 bits per heavy atom. The molecule has 1 aliphatic carbocycles. The maximum atomic E-state index is 12.7. The minimum atomic E-state index is -0.359. The molecule has 2 aromatic carbocycles. The lowest BCUT2D eigenvalue weighted by atomic mass is 10.1. The third-order valence-electron chi connectivity index (χ3n) is 4.92. The van der Waals surface area contributed by atoms with Crippen LogP contribution in [0.2, 0.25) is 10.0 Å². The Morgan fingerprint density at radius 1 is 0.828 bits per heavy atom. The Morgan fingerprint density at radius 2 is 1.48 bits per heavy atom. The summed E-state index contributed by atoms with van der Waals surface area (Å²) in [7, 11) is 0. The van der Waals surface area contributed by atoms with Crippen LogP contribution in [0.25, 0.3) is 28.6 Å². The second kappa shape index (κ2) is 6.48. The van der Waals surface area contributed by atoms with E-state index in [2.05, 4.69) is 0 Å². The first kappa shape index (κ1) is 18.0. The molecule has 6 heteroatoms. The molecule has 0 saturated carbocycles. The van der Waals surface area contributed by atoms with Crippen molar-refractivity contribution in [3.63, 3.8) is 0 Å².